The van der Waals surface area contributed by atoms with Crippen LogP contribution in [0, 0.1) is 0 Å². The zero-order chi connectivity index (χ0) is 24.3. The summed E-state index contributed by atoms with van der Waals surface area (Å²) in [6.45, 7) is 0. The molecule has 2 nitrogen and oxygen atoms in total. The van der Waals surface area contributed by atoms with E-state index in [0.29, 0.717) is 0 Å². The van der Waals surface area contributed by atoms with Crippen LogP contribution >= 0.6 is 11.3 Å². The van der Waals surface area contributed by atoms with E-state index in [1.54, 1.807) is 0 Å². The van der Waals surface area contributed by atoms with Crippen LogP contribution in [0.1, 0.15) is 16.9 Å². The number of hydrogen-bond acceptors (Lipinski definition) is 3. The van der Waals surface area contributed by atoms with Crippen molar-refractivity contribution in [1.82, 2.24) is 9.97 Å². The highest BCUT2D eigenvalue weighted by atomic mass is 32.1. The second-order valence-electron chi connectivity index (χ2n) is 9.69. The Kier molecular flexibility index (Phi) is 4.55. The first-order chi connectivity index (χ1) is 18.3. The highest BCUT2D eigenvalue weighted by molar-refractivity contribution is 7.20. The van der Waals surface area contributed by atoms with Crippen LogP contribution in [0.4, 0.5) is 0 Å². The average Bonchev–Trinajstić information content (AvgIpc) is 3.36. The minimum absolute atomic E-state index is 0.898. The predicted octanol–water partition coefficient (Wildman–Crippen LogP) is 9.44. The molecule has 8 rings (SSSR count). The van der Waals surface area contributed by atoms with Gasteiger partial charge in [0.15, 0.2) is 0 Å². The van der Waals surface area contributed by atoms with Gasteiger partial charge in [-0.15, -0.1) is 11.3 Å². The summed E-state index contributed by atoms with van der Waals surface area (Å²) in [6, 6.07) is 32.5. The normalized spacial score (nSPS) is 13.1. The van der Waals surface area contributed by atoms with Gasteiger partial charge in [-0.1, -0.05) is 91.0 Å². The molecular weight excluding hydrogens is 468 g/mol. The van der Waals surface area contributed by atoms with Crippen LogP contribution in [-0.4, -0.2) is 9.97 Å². The molecule has 0 aliphatic heterocycles. The summed E-state index contributed by atoms with van der Waals surface area (Å²) in [5.74, 6) is 0. The molecule has 0 fully saturated rings. The number of nitrogens with zero attached hydrogens (tertiary/aromatic N) is 2. The standard InChI is InChI=1S/C34H22N2S/c1-3-14-27-24(11-1)25-12-2-4-15-28(25)33-32(27)35-20-30(36-33)22-10-7-9-21(19-22)23-16-8-17-29-26-13-5-6-18-31(26)37-34(23)29/h1-4,6-12,14-20H,5,13H2. The Hall–Kier alpha value is -4.34. The third kappa shape index (κ3) is 3.18. The lowest BCUT2D eigenvalue weighted by Crippen LogP contribution is -1.92. The first-order valence-corrected chi connectivity index (χ1v) is 13.5. The molecule has 5 aromatic carbocycles. The largest absolute Gasteiger partial charge is 0.252 e. The Morgan fingerprint density at radius 3 is 2.19 bits per heavy atom. The molecule has 174 valence electrons. The number of fused-ring (bicyclic) bond motifs is 9. The molecule has 0 saturated heterocycles. The van der Waals surface area contributed by atoms with Crippen LogP contribution in [-0.2, 0) is 6.42 Å². The van der Waals surface area contributed by atoms with Crippen molar-refractivity contribution in [1.29, 1.82) is 0 Å². The van der Waals surface area contributed by atoms with E-state index in [9.17, 15) is 0 Å². The van der Waals surface area contributed by atoms with E-state index >= 15 is 0 Å². The average molecular weight is 491 g/mol. The fourth-order valence-corrected chi connectivity index (χ4v) is 7.15. The molecule has 0 saturated carbocycles. The zero-order valence-electron chi connectivity index (χ0n) is 20.1. The summed E-state index contributed by atoms with van der Waals surface area (Å²) in [7, 11) is 0. The van der Waals surface area contributed by atoms with Gasteiger partial charge in [-0.3, -0.25) is 4.98 Å². The molecule has 0 unspecified atom stereocenters. The smallest absolute Gasteiger partial charge is 0.0979 e. The van der Waals surface area contributed by atoms with Crippen LogP contribution in [0.25, 0.3) is 71.1 Å². The fourth-order valence-electron chi connectivity index (χ4n) is 5.83. The van der Waals surface area contributed by atoms with Gasteiger partial charge < -0.3 is 0 Å². The van der Waals surface area contributed by atoms with Gasteiger partial charge in [0.2, 0.25) is 0 Å². The van der Waals surface area contributed by atoms with E-state index in [0.717, 1.165) is 45.9 Å². The van der Waals surface area contributed by atoms with Gasteiger partial charge in [0, 0.05) is 25.9 Å². The maximum Gasteiger partial charge on any atom is 0.0979 e. The number of hydrogen-bond donors (Lipinski definition) is 0. The van der Waals surface area contributed by atoms with Crippen molar-refractivity contribution in [3.63, 3.8) is 0 Å². The maximum absolute atomic E-state index is 5.20. The molecule has 37 heavy (non-hydrogen) atoms. The minimum Gasteiger partial charge on any atom is -0.252 e. The van der Waals surface area contributed by atoms with E-state index in [-0.39, 0.29) is 0 Å². The van der Waals surface area contributed by atoms with Gasteiger partial charge in [-0.05, 0) is 57.8 Å². The number of allylic oxidation sites excluding steroid dienone is 1. The lowest BCUT2D eigenvalue weighted by atomic mass is 9.96. The molecular formula is C34H22N2S. The zero-order valence-corrected chi connectivity index (χ0v) is 20.9. The molecule has 3 heteroatoms. The third-order valence-corrected chi connectivity index (χ3v) is 8.82. The SMILES string of the molecule is C1=Cc2sc3c(-c4cccc(-c5cnc6c7ccccc7c7ccccc7c6n5)c4)cccc3c2CC1. The van der Waals surface area contributed by atoms with Crippen molar-refractivity contribution < 1.29 is 0 Å². The van der Waals surface area contributed by atoms with Gasteiger partial charge in [-0.25, -0.2) is 4.98 Å². The summed E-state index contributed by atoms with van der Waals surface area (Å²) < 4.78 is 1.37. The minimum atomic E-state index is 0.898. The molecule has 2 aromatic heterocycles. The monoisotopic (exact) mass is 490 g/mol. The molecule has 7 aromatic rings. The first-order valence-electron chi connectivity index (χ1n) is 12.7. The third-order valence-electron chi connectivity index (χ3n) is 7.58. The Balaban J connectivity index is 1.32. The van der Waals surface area contributed by atoms with Gasteiger partial charge in [0.05, 0.1) is 22.9 Å². The second kappa shape index (κ2) is 8.09. The quantitative estimate of drug-likeness (QED) is 0.226. The van der Waals surface area contributed by atoms with E-state index in [1.165, 1.54) is 42.4 Å². The fraction of sp³-hybridized carbons (Fsp3) is 0.0588. The first kappa shape index (κ1) is 20.8. The van der Waals surface area contributed by atoms with Crippen molar-refractivity contribution in [2.24, 2.45) is 0 Å². The highest BCUT2D eigenvalue weighted by Gasteiger charge is 2.16. The lowest BCUT2D eigenvalue weighted by Gasteiger charge is -2.11. The van der Waals surface area contributed by atoms with Crippen molar-refractivity contribution in [3.05, 3.63) is 114 Å². The Labute approximate surface area is 218 Å². The lowest BCUT2D eigenvalue weighted by molar-refractivity contribution is 1.01. The molecule has 2 heterocycles. The van der Waals surface area contributed by atoms with Crippen LogP contribution in [0.15, 0.2) is 103 Å². The summed E-state index contributed by atoms with van der Waals surface area (Å²) >= 11 is 1.91. The molecule has 1 aliphatic rings. The topological polar surface area (TPSA) is 25.8 Å². The van der Waals surface area contributed by atoms with Gasteiger partial charge in [-0.2, -0.15) is 0 Å². The number of benzene rings is 5. The number of rotatable bonds is 2. The van der Waals surface area contributed by atoms with E-state index < -0.39 is 0 Å². The Morgan fingerprint density at radius 1 is 0.649 bits per heavy atom. The molecule has 0 radical (unpaired) electrons. The van der Waals surface area contributed by atoms with E-state index in [1.807, 2.05) is 17.5 Å². The Morgan fingerprint density at radius 2 is 1.35 bits per heavy atom. The highest BCUT2D eigenvalue weighted by Crippen LogP contribution is 2.41. The molecule has 0 amide bonds. The summed E-state index contributed by atoms with van der Waals surface area (Å²) in [5, 5.41) is 6.12. The van der Waals surface area contributed by atoms with Gasteiger partial charge in [0.1, 0.15) is 0 Å². The number of thiophene rings is 1. The van der Waals surface area contributed by atoms with Crippen LogP contribution < -0.4 is 0 Å². The molecule has 0 atom stereocenters. The van der Waals surface area contributed by atoms with Crippen molar-refractivity contribution in [2.75, 3.05) is 0 Å². The van der Waals surface area contributed by atoms with Crippen LogP contribution in [0.5, 0.6) is 0 Å². The van der Waals surface area contributed by atoms with Crippen LogP contribution in [0.2, 0.25) is 0 Å². The number of aromatic nitrogens is 2. The van der Waals surface area contributed by atoms with Gasteiger partial charge in [0.25, 0.3) is 0 Å². The maximum atomic E-state index is 5.20. The molecule has 0 spiro atoms. The summed E-state index contributed by atoms with van der Waals surface area (Å²) in [4.78, 5) is 11.6. The predicted molar refractivity (Wildman–Crippen MR) is 158 cm³/mol. The van der Waals surface area contributed by atoms with Crippen molar-refractivity contribution in [3.8, 4) is 22.4 Å². The van der Waals surface area contributed by atoms with E-state index in [2.05, 4.69) is 103 Å². The van der Waals surface area contributed by atoms with Crippen LogP contribution in [0.3, 0.4) is 0 Å². The van der Waals surface area contributed by atoms with Gasteiger partial charge >= 0.3 is 0 Å². The van der Waals surface area contributed by atoms with Crippen molar-refractivity contribution >= 4 is 60.1 Å². The molecule has 1 aliphatic carbocycles. The molecule has 0 bridgehead atoms. The number of aryl methyl sites for hydroxylation is 1. The summed E-state index contributed by atoms with van der Waals surface area (Å²) in [6.07, 6.45) is 8.78. The molecule has 0 N–H and O–H groups in total. The van der Waals surface area contributed by atoms with E-state index in [4.69, 9.17) is 9.97 Å². The van der Waals surface area contributed by atoms with Crippen molar-refractivity contribution in [2.45, 2.75) is 12.8 Å². The summed E-state index contributed by atoms with van der Waals surface area (Å²) in [5.41, 5.74) is 7.90. The second-order valence-corrected chi connectivity index (χ2v) is 10.7. The Bertz CT molecular complexity index is 2010.